The fourth-order valence-electron chi connectivity index (χ4n) is 2.71. The molecule has 0 atom stereocenters. The molecule has 0 bridgehead atoms. The average Bonchev–Trinajstić information content (AvgIpc) is 2.63. The van der Waals surface area contributed by atoms with Gasteiger partial charge in [0.15, 0.2) is 0 Å². The van der Waals surface area contributed by atoms with E-state index in [9.17, 15) is 4.79 Å². The lowest BCUT2D eigenvalue weighted by Crippen LogP contribution is -2.20. The number of nitrogens with one attached hydrogen (secondary N) is 2. The Morgan fingerprint density at radius 3 is 2.44 bits per heavy atom. The minimum atomic E-state index is -0.242. The Labute approximate surface area is 147 Å². The number of nitrogens with zero attached hydrogens (tertiary/aromatic N) is 1. The Balaban J connectivity index is 1.68. The van der Waals surface area contributed by atoms with Crippen molar-refractivity contribution in [2.75, 3.05) is 10.6 Å². The lowest BCUT2D eigenvalue weighted by Gasteiger charge is -2.11. The van der Waals surface area contributed by atoms with E-state index >= 15 is 0 Å². The van der Waals surface area contributed by atoms with E-state index in [1.807, 2.05) is 67.6 Å². The van der Waals surface area contributed by atoms with Crippen LogP contribution in [0.3, 0.4) is 0 Å². The van der Waals surface area contributed by atoms with Crippen molar-refractivity contribution in [2.24, 2.45) is 0 Å². The molecule has 3 rings (SSSR count). The Bertz CT molecular complexity index is 872. The van der Waals surface area contributed by atoms with Gasteiger partial charge in [-0.2, -0.15) is 0 Å². The van der Waals surface area contributed by atoms with Crippen molar-refractivity contribution in [3.05, 3.63) is 78.1 Å². The molecule has 0 saturated heterocycles. The molecule has 4 nitrogen and oxygen atoms in total. The van der Waals surface area contributed by atoms with Crippen molar-refractivity contribution in [1.82, 2.24) is 4.98 Å². The highest BCUT2D eigenvalue weighted by atomic mass is 16.2. The summed E-state index contributed by atoms with van der Waals surface area (Å²) in [7, 11) is 0. The molecule has 0 spiro atoms. The summed E-state index contributed by atoms with van der Waals surface area (Å²) in [4.78, 5) is 16.4. The number of para-hydroxylation sites is 1. The molecule has 1 heterocycles. The molecule has 0 radical (unpaired) electrons. The van der Waals surface area contributed by atoms with Crippen LogP contribution >= 0.6 is 0 Å². The van der Waals surface area contributed by atoms with E-state index in [4.69, 9.17) is 0 Å². The van der Waals surface area contributed by atoms with E-state index < -0.39 is 0 Å². The number of pyridine rings is 1. The first-order valence-electron chi connectivity index (χ1n) is 8.34. The number of hydrogen-bond acceptors (Lipinski definition) is 2. The van der Waals surface area contributed by atoms with Crippen LogP contribution in [0.15, 0.2) is 66.9 Å². The molecule has 4 heteroatoms. The second-order valence-electron chi connectivity index (χ2n) is 5.85. The van der Waals surface area contributed by atoms with Gasteiger partial charge in [0.25, 0.3) is 0 Å². The Hall–Kier alpha value is -3.14. The topological polar surface area (TPSA) is 54.0 Å². The van der Waals surface area contributed by atoms with Crippen molar-refractivity contribution in [1.29, 1.82) is 0 Å². The van der Waals surface area contributed by atoms with Crippen LogP contribution in [0.4, 0.5) is 16.2 Å². The second kappa shape index (κ2) is 7.62. The Morgan fingerprint density at radius 1 is 0.960 bits per heavy atom. The van der Waals surface area contributed by atoms with E-state index in [-0.39, 0.29) is 6.03 Å². The summed E-state index contributed by atoms with van der Waals surface area (Å²) in [5.41, 5.74) is 5.88. The first kappa shape index (κ1) is 16.7. The van der Waals surface area contributed by atoms with Crippen LogP contribution in [0.2, 0.25) is 0 Å². The van der Waals surface area contributed by atoms with Crippen molar-refractivity contribution in [3.63, 3.8) is 0 Å². The van der Waals surface area contributed by atoms with Gasteiger partial charge < -0.3 is 10.6 Å². The third kappa shape index (κ3) is 4.23. The molecular formula is C21H21N3O. The Kier molecular flexibility index (Phi) is 5.09. The molecule has 0 fully saturated rings. The van der Waals surface area contributed by atoms with E-state index in [1.54, 1.807) is 6.20 Å². The molecule has 126 valence electrons. The molecule has 2 N–H and O–H groups in total. The minimum absolute atomic E-state index is 0.242. The lowest BCUT2D eigenvalue weighted by atomic mass is 10.1. The summed E-state index contributed by atoms with van der Waals surface area (Å²) in [6.45, 7) is 4.04. The van der Waals surface area contributed by atoms with Crippen LogP contribution in [0, 0.1) is 6.92 Å². The highest BCUT2D eigenvalue weighted by Crippen LogP contribution is 2.22. The SMILES string of the molecule is CCc1ccccc1NC(=O)Nc1ccc(-c2ccnc(C)c2)cc1. The number of urea groups is 1. The van der Waals surface area contributed by atoms with Gasteiger partial charge in [-0.15, -0.1) is 0 Å². The van der Waals surface area contributed by atoms with Gasteiger partial charge in [-0.1, -0.05) is 37.3 Å². The smallest absolute Gasteiger partial charge is 0.308 e. The first-order valence-corrected chi connectivity index (χ1v) is 8.34. The maximum atomic E-state index is 12.2. The third-order valence-corrected chi connectivity index (χ3v) is 4.02. The normalized spacial score (nSPS) is 10.3. The number of rotatable bonds is 4. The molecule has 0 saturated carbocycles. The monoisotopic (exact) mass is 331 g/mol. The van der Waals surface area contributed by atoms with Gasteiger partial charge in [0.1, 0.15) is 0 Å². The van der Waals surface area contributed by atoms with Gasteiger partial charge in [0, 0.05) is 23.3 Å². The molecule has 1 aromatic heterocycles. The first-order chi connectivity index (χ1) is 12.2. The second-order valence-corrected chi connectivity index (χ2v) is 5.85. The van der Waals surface area contributed by atoms with Crippen molar-refractivity contribution in [3.8, 4) is 11.1 Å². The summed E-state index contributed by atoms with van der Waals surface area (Å²) in [6, 6.07) is 19.4. The zero-order valence-corrected chi connectivity index (χ0v) is 14.4. The standard InChI is InChI=1S/C21H21N3O/c1-3-16-6-4-5-7-20(16)24-21(25)23-19-10-8-17(9-11-19)18-12-13-22-15(2)14-18/h4-14H,3H2,1-2H3,(H2,23,24,25). The van der Waals surface area contributed by atoms with Gasteiger partial charge in [-0.3, -0.25) is 4.98 Å². The van der Waals surface area contributed by atoms with Gasteiger partial charge in [-0.05, 0) is 60.4 Å². The number of amides is 2. The number of anilines is 2. The fraction of sp³-hybridized carbons (Fsp3) is 0.143. The molecule has 2 amide bonds. The number of aryl methyl sites for hydroxylation is 2. The van der Waals surface area contributed by atoms with Gasteiger partial charge in [-0.25, -0.2) is 4.79 Å². The maximum absolute atomic E-state index is 12.2. The van der Waals surface area contributed by atoms with Crippen molar-refractivity contribution in [2.45, 2.75) is 20.3 Å². The number of carbonyl (C=O) groups excluding carboxylic acids is 1. The lowest BCUT2D eigenvalue weighted by molar-refractivity contribution is 0.262. The molecule has 25 heavy (non-hydrogen) atoms. The molecule has 2 aromatic carbocycles. The third-order valence-electron chi connectivity index (χ3n) is 4.02. The average molecular weight is 331 g/mol. The van der Waals surface area contributed by atoms with Crippen molar-refractivity contribution < 1.29 is 4.79 Å². The predicted molar refractivity (Wildman–Crippen MR) is 103 cm³/mol. The van der Waals surface area contributed by atoms with Crippen LogP contribution in [-0.2, 0) is 6.42 Å². The van der Waals surface area contributed by atoms with E-state index in [0.29, 0.717) is 0 Å². The quantitative estimate of drug-likeness (QED) is 0.685. The molecular weight excluding hydrogens is 310 g/mol. The molecule has 0 aliphatic heterocycles. The van der Waals surface area contributed by atoms with Crippen LogP contribution in [0.1, 0.15) is 18.2 Å². The van der Waals surface area contributed by atoms with Crippen LogP contribution in [0.25, 0.3) is 11.1 Å². The van der Waals surface area contributed by atoms with Crippen LogP contribution in [0.5, 0.6) is 0 Å². The molecule has 3 aromatic rings. The van der Waals surface area contributed by atoms with E-state index in [1.165, 1.54) is 0 Å². The Morgan fingerprint density at radius 2 is 1.72 bits per heavy atom. The zero-order valence-electron chi connectivity index (χ0n) is 14.4. The summed E-state index contributed by atoms with van der Waals surface area (Å²) in [5.74, 6) is 0. The number of hydrogen-bond donors (Lipinski definition) is 2. The summed E-state index contributed by atoms with van der Waals surface area (Å²) in [5, 5.41) is 5.77. The largest absolute Gasteiger partial charge is 0.323 e. The summed E-state index contributed by atoms with van der Waals surface area (Å²) < 4.78 is 0. The van der Waals surface area contributed by atoms with Gasteiger partial charge >= 0.3 is 6.03 Å². The summed E-state index contributed by atoms with van der Waals surface area (Å²) in [6.07, 6.45) is 2.67. The predicted octanol–water partition coefficient (Wildman–Crippen LogP) is 5.26. The highest BCUT2D eigenvalue weighted by Gasteiger charge is 2.06. The molecule has 0 aliphatic rings. The highest BCUT2D eigenvalue weighted by molar-refractivity contribution is 6.00. The van der Waals surface area contributed by atoms with Gasteiger partial charge in [0.05, 0.1) is 0 Å². The van der Waals surface area contributed by atoms with Gasteiger partial charge in [0.2, 0.25) is 0 Å². The van der Waals surface area contributed by atoms with E-state index in [0.717, 1.165) is 40.2 Å². The summed E-state index contributed by atoms with van der Waals surface area (Å²) >= 11 is 0. The molecule has 0 unspecified atom stereocenters. The van der Waals surface area contributed by atoms with Crippen LogP contribution in [-0.4, -0.2) is 11.0 Å². The number of benzene rings is 2. The van der Waals surface area contributed by atoms with E-state index in [2.05, 4.69) is 22.5 Å². The minimum Gasteiger partial charge on any atom is -0.308 e. The maximum Gasteiger partial charge on any atom is 0.323 e. The van der Waals surface area contributed by atoms with Crippen LogP contribution < -0.4 is 10.6 Å². The fourth-order valence-corrected chi connectivity index (χ4v) is 2.71. The molecule has 0 aliphatic carbocycles. The zero-order chi connectivity index (χ0) is 17.6. The number of aromatic nitrogens is 1. The van der Waals surface area contributed by atoms with Crippen molar-refractivity contribution >= 4 is 17.4 Å². The number of carbonyl (C=O) groups is 1.